The average molecular weight is 785 g/mol. The van der Waals surface area contributed by atoms with Crippen molar-refractivity contribution in [3.8, 4) is 22.6 Å². The van der Waals surface area contributed by atoms with Gasteiger partial charge in [-0.25, -0.2) is 0 Å². The molecule has 2 aliphatic rings. The summed E-state index contributed by atoms with van der Waals surface area (Å²) in [5, 5.41) is 5.57. The van der Waals surface area contributed by atoms with Gasteiger partial charge in [0, 0.05) is 75.1 Å². The van der Waals surface area contributed by atoms with E-state index in [9.17, 15) is 28.8 Å². The molecular weight excluding hydrogens is 729 g/mol. The zero-order valence-corrected chi connectivity index (χ0v) is 34.1. The van der Waals surface area contributed by atoms with Crippen molar-refractivity contribution in [2.75, 3.05) is 53.8 Å². The molecule has 14 heteroatoms. The number of benzene rings is 2. The highest BCUT2D eigenvalue weighted by molar-refractivity contribution is 6.09. The van der Waals surface area contributed by atoms with Crippen LogP contribution in [0, 0.1) is 0 Å². The highest BCUT2D eigenvalue weighted by Gasteiger charge is 2.34. The Morgan fingerprint density at radius 3 is 2.28 bits per heavy atom. The summed E-state index contributed by atoms with van der Waals surface area (Å²) in [6.45, 7) is 2.06. The van der Waals surface area contributed by atoms with Crippen molar-refractivity contribution < 1.29 is 33.4 Å². The number of aldehydes is 1. The number of hydrogen-bond acceptors (Lipinski definition) is 10. The fraction of sp³-hybridized carbons (Fsp3) is 0.488. The summed E-state index contributed by atoms with van der Waals surface area (Å²) in [7, 11) is 10.5. The second-order valence-electron chi connectivity index (χ2n) is 15.1. The average Bonchev–Trinajstić information content (AvgIpc) is 3.20. The number of rotatable bonds is 18. The predicted molar refractivity (Wildman–Crippen MR) is 218 cm³/mol. The number of unbranched alkanes of at least 4 members (excludes halogenated alkanes) is 5. The lowest BCUT2D eigenvalue weighted by Gasteiger charge is -2.30. The first-order chi connectivity index (χ1) is 27.4. The Morgan fingerprint density at radius 2 is 1.63 bits per heavy atom. The number of aryl methyl sites for hydroxylation is 1. The maximum atomic E-state index is 13.5. The fourth-order valence-corrected chi connectivity index (χ4v) is 7.79. The van der Waals surface area contributed by atoms with Crippen LogP contribution in [0.1, 0.15) is 95.2 Å². The Bertz CT molecular complexity index is 2020. The first kappa shape index (κ1) is 42.6. The lowest BCUT2D eigenvalue weighted by atomic mass is 9.91. The molecule has 1 unspecified atom stereocenters. The summed E-state index contributed by atoms with van der Waals surface area (Å²) < 4.78 is 13.1. The number of nitrogens with one attached hydrogen (secondary N) is 2. The Morgan fingerprint density at radius 1 is 0.947 bits per heavy atom. The fourth-order valence-electron chi connectivity index (χ4n) is 7.79. The van der Waals surface area contributed by atoms with E-state index in [-0.39, 0.29) is 47.9 Å². The second-order valence-corrected chi connectivity index (χ2v) is 15.1. The van der Waals surface area contributed by atoms with Gasteiger partial charge in [0.1, 0.15) is 17.5 Å². The van der Waals surface area contributed by atoms with Crippen molar-refractivity contribution in [3.05, 3.63) is 74.7 Å². The number of imide groups is 1. The molecule has 2 aliphatic heterocycles. The number of amides is 4. The molecule has 57 heavy (non-hydrogen) atoms. The van der Waals surface area contributed by atoms with Crippen molar-refractivity contribution in [1.29, 1.82) is 0 Å². The van der Waals surface area contributed by atoms with Crippen LogP contribution in [0.15, 0.2) is 41.3 Å². The second kappa shape index (κ2) is 19.6. The van der Waals surface area contributed by atoms with Gasteiger partial charge in [-0.1, -0.05) is 37.8 Å². The minimum atomic E-state index is -0.796. The molecule has 0 bridgehead atoms. The van der Waals surface area contributed by atoms with Gasteiger partial charge in [0.2, 0.25) is 17.7 Å². The molecule has 14 nitrogen and oxygen atoms in total. The van der Waals surface area contributed by atoms with Gasteiger partial charge in [-0.2, -0.15) is 0 Å². The van der Waals surface area contributed by atoms with Crippen molar-refractivity contribution >= 4 is 35.6 Å². The van der Waals surface area contributed by atoms with Gasteiger partial charge in [-0.3, -0.25) is 34.1 Å². The molecule has 0 radical (unpaired) electrons. The minimum absolute atomic E-state index is 0.0554. The Balaban J connectivity index is 1.09. The van der Waals surface area contributed by atoms with Crippen molar-refractivity contribution in [3.63, 3.8) is 0 Å². The SMILES string of the molecule is COc1cc(-c2cn(C)c(=O)c3c2CCN(C(=O)CCCCCCCCNc2cccc(C=O)c2C(=O)N(C)C2CCC(=O)NC2=O)C3)cc(OC)c1CN(C)C. The van der Waals surface area contributed by atoms with E-state index >= 15 is 0 Å². The molecule has 0 spiro atoms. The van der Waals surface area contributed by atoms with Crippen molar-refractivity contribution in [1.82, 2.24) is 24.6 Å². The normalized spacial score (nSPS) is 15.2. The molecule has 3 heterocycles. The summed E-state index contributed by atoms with van der Waals surface area (Å²) in [4.78, 5) is 81.2. The van der Waals surface area contributed by atoms with E-state index < -0.39 is 17.9 Å². The number of pyridine rings is 1. The summed E-state index contributed by atoms with van der Waals surface area (Å²) in [6.07, 6.45) is 9.28. The van der Waals surface area contributed by atoms with Crippen LogP contribution in [-0.4, -0.2) is 104 Å². The van der Waals surface area contributed by atoms with Crippen LogP contribution >= 0.6 is 0 Å². The number of carbonyl (C=O) groups is 5. The van der Waals surface area contributed by atoms with Crippen LogP contribution in [0.2, 0.25) is 0 Å². The molecule has 0 saturated carbocycles. The zero-order valence-electron chi connectivity index (χ0n) is 34.1. The largest absolute Gasteiger partial charge is 0.496 e. The molecule has 3 aromatic rings. The van der Waals surface area contributed by atoms with Crippen LogP contribution in [0.25, 0.3) is 11.1 Å². The summed E-state index contributed by atoms with van der Waals surface area (Å²) in [5.74, 6) is 0.133. The Hall–Kier alpha value is -5.50. The van der Waals surface area contributed by atoms with Crippen LogP contribution in [-0.2, 0) is 40.9 Å². The highest BCUT2D eigenvalue weighted by Crippen LogP contribution is 2.38. The van der Waals surface area contributed by atoms with Gasteiger partial charge in [0.05, 0.1) is 31.9 Å². The summed E-state index contributed by atoms with van der Waals surface area (Å²) >= 11 is 0. The molecule has 1 aromatic heterocycles. The van der Waals surface area contributed by atoms with E-state index in [0.29, 0.717) is 61.5 Å². The first-order valence-corrected chi connectivity index (χ1v) is 19.7. The molecule has 4 amide bonds. The lowest BCUT2D eigenvalue weighted by Crippen LogP contribution is -2.53. The van der Waals surface area contributed by atoms with Crippen LogP contribution in [0.4, 0.5) is 5.69 Å². The monoisotopic (exact) mass is 784 g/mol. The maximum Gasteiger partial charge on any atom is 0.257 e. The molecule has 0 aliphatic carbocycles. The number of hydrogen-bond donors (Lipinski definition) is 2. The third kappa shape index (κ3) is 10.1. The lowest BCUT2D eigenvalue weighted by molar-refractivity contribution is -0.136. The number of carbonyl (C=O) groups excluding carboxylic acids is 5. The van der Waals surface area contributed by atoms with E-state index in [2.05, 4.69) is 15.5 Å². The Kier molecular flexibility index (Phi) is 14.6. The van der Waals surface area contributed by atoms with Gasteiger partial charge in [-0.05, 0) is 69.1 Å². The quantitative estimate of drug-likeness (QED) is 0.107. The molecule has 5 rings (SSSR count). The number of methoxy groups -OCH3 is 2. The number of likely N-dealkylation sites (N-methyl/N-ethyl adjacent to an activating group) is 1. The van der Waals surface area contributed by atoms with Gasteiger partial charge in [0.25, 0.3) is 11.5 Å². The minimum Gasteiger partial charge on any atom is -0.496 e. The van der Waals surface area contributed by atoms with E-state index in [1.54, 1.807) is 44.0 Å². The smallest absolute Gasteiger partial charge is 0.257 e. The number of piperidine rings is 1. The summed E-state index contributed by atoms with van der Waals surface area (Å²) in [5.41, 5.74) is 5.24. The van der Waals surface area contributed by atoms with Crippen molar-refractivity contribution in [2.45, 2.75) is 83.3 Å². The van der Waals surface area contributed by atoms with E-state index in [1.165, 1.54) is 11.9 Å². The third-order valence-electron chi connectivity index (χ3n) is 10.9. The number of anilines is 1. The predicted octanol–water partition coefficient (Wildman–Crippen LogP) is 4.55. The van der Waals surface area contributed by atoms with Gasteiger partial charge >= 0.3 is 0 Å². The molecule has 306 valence electrons. The standard InChI is InChI=1S/C43H56N6O8/c1-46(2)24-33-36(56-5)22-29(23-37(33)57-6)31-25-47(3)42(54)32-26-49(21-19-30(31)32)39(52)16-11-9-7-8-10-12-20-44-34-15-13-14-28(27-50)40(34)43(55)48(4)35-17-18-38(51)45-41(35)53/h13-15,22-23,25,27,35,44H,7-12,16-21,24,26H2,1-6H3,(H,45,51,53). The molecule has 2 N–H and O–H groups in total. The first-order valence-electron chi connectivity index (χ1n) is 19.7. The topological polar surface area (TPSA) is 160 Å². The van der Waals surface area contributed by atoms with Crippen LogP contribution in [0.5, 0.6) is 11.5 Å². The van der Waals surface area contributed by atoms with Gasteiger partial charge in [-0.15, -0.1) is 0 Å². The number of fused-ring (bicyclic) bond motifs is 1. The molecule has 1 saturated heterocycles. The molecule has 2 aromatic carbocycles. The van der Waals surface area contributed by atoms with Gasteiger partial charge in [0.15, 0.2) is 6.29 Å². The van der Waals surface area contributed by atoms with Gasteiger partial charge < -0.3 is 34.1 Å². The number of ether oxygens (including phenoxy) is 2. The maximum absolute atomic E-state index is 13.5. The molecule has 1 fully saturated rings. The molecular formula is C43H56N6O8. The number of aromatic nitrogens is 1. The van der Waals surface area contributed by atoms with Crippen LogP contribution in [0.3, 0.4) is 0 Å². The summed E-state index contributed by atoms with van der Waals surface area (Å²) in [6, 6.07) is 8.21. The highest BCUT2D eigenvalue weighted by atomic mass is 16.5. The molecule has 1 atom stereocenters. The zero-order chi connectivity index (χ0) is 41.2. The van der Waals surface area contributed by atoms with E-state index in [4.69, 9.17) is 9.47 Å². The van der Waals surface area contributed by atoms with Crippen LogP contribution < -0.4 is 25.7 Å². The van der Waals surface area contributed by atoms with E-state index in [0.717, 1.165) is 60.8 Å². The Labute approximate surface area is 334 Å². The third-order valence-corrected chi connectivity index (χ3v) is 10.9. The van der Waals surface area contributed by atoms with E-state index in [1.807, 2.05) is 37.3 Å². The number of nitrogens with zero attached hydrogens (tertiary/aromatic N) is 4. The van der Waals surface area contributed by atoms with Crippen molar-refractivity contribution in [2.24, 2.45) is 7.05 Å².